The number of carbonyl (C=O) groups is 1. The SMILES string of the molecule is Cc1ccc(C(=O)NCCCCO)c(=O)[nH]1. The maximum Gasteiger partial charge on any atom is 0.260 e. The average molecular weight is 224 g/mol. The normalized spacial score (nSPS) is 10.1. The fourth-order valence-electron chi connectivity index (χ4n) is 1.28. The van der Waals surface area contributed by atoms with Crippen LogP contribution < -0.4 is 10.9 Å². The van der Waals surface area contributed by atoms with Gasteiger partial charge in [0.2, 0.25) is 0 Å². The summed E-state index contributed by atoms with van der Waals surface area (Å²) in [6.45, 7) is 2.33. The van der Waals surface area contributed by atoms with Crippen molar-refractivity contribution in [3.05, 3.63) is 33.7 Å². The lowest BCUT2D eigenvalue weighted by Crippen LogP contribution is -2.30. The zero-order chi connectivity index (χ0) is 12.0. The van der Waals surface area contributed by atoms with Gasteiger partial charge < -0.3 is 15.4 Å². The molecular formula is C11H16N2O3. The Balaban J connectivity index is 2.56. The number of unbranched alkanes of at least 4 members (excludes halogenated alkanes) is 1. The van der Waals surface area contributed by atoms with Crippen LogP contribution in [0.4, 0.5) is 0 Å². The molecule has 1 amide bonds. The maximum absolute atomic E-state index is 11.5. The van der Waals surface area contributed by atoms with Gasteiger partial charge in [0.15, 0.2) is 0 Å². The predicted molar refractivity (Wildman–Crippen MR) is 60.5 cm³/mol. The molecule has 5 heteroatoms. The molecule has 1 heterocycles. The first-order valence-electron chi connectivity index (χ1n) is 5.24. The molecule has 5 nitrogen and oxygen atoms in total. The van der Waals surface area contributed by atoms with E-state index in [-0.39, 0.29) is 23.6 Å². The van der Waals surface area contributed by atoms with Gasteiger partial charge in [0.25, 0.3) is 11.5 Å². The topological polar surface area (TPSA) is 82.2 Å². The van der Waals surface area contributed by atoms with Crippen LogP contribution in [0.25, 0.3) is 0 Å². The quantitative estimate of drug-likeness (QED) is 0.624. The van der Waals surface area contributed by atoms with Crippen LogP contribution in [0.3, 0.4) is 0 Å². The van der Waals surface area contributed by atoms with E-state index in [1.165, 1.54) is 6.07 Å². The van der Waals surface area contributed by atoms with Gasteiger partial charge in [0, 0.05) is 18.8 Å². The molecular weight excluding hydrogens is 208 g/mol. The van der Waals surface area contributed by atoms with E-state index in [0.717, 1.165) is 5.69 Å². The fourth-order valence-corrected chi connectivity index (χ4v) is 1.28. The Bertz CT molecular complexity index is 412. The first-order chi connectivity index (χ1) is 7.65. The molecule has 0 aliphatic rings. The number of amides is 1. The molecule has 0 atom stereocenters. The molecule has 0 aliphatic carbocycles. The average Bonchev–Trinajstić information content (AvgIpc) is 2.24. The first kappa shape index (κ1) is 12.4. The molecule has 1 aromatic rings. The van der Waals surface area contributed by atoms with Gasteiger partial charge in [0.1, 0.15) is 5.56 Å². The molecule has 0 unspecified atom stereocenters. The van der Waals surface area contributed by atoms with Crippen LogP contribution in [0.2, 0.25) is 0 Å². The summed E-state index contributed by atoms with van der Waals surface area (Å²) >= 11 is 0. The van der Waals surface area contributed by atoms with Gasteiger partial charge in [-0.2, -0.15) is 0 Å². The van der Waals surface area contributed by atoms with Crippen molar-refractivity contribution in [1.29, 1.82) is 0 Å². The molecule has 0 fully saturated rings. The Kier molecular flexibility index (Phi) is 4.72. The van der Waals surface area contributed by atoms with Crippen molar-refractivity contribution in [3.8, 4) is 0 Å². The van der Waals surface area contributed by atoms with E-state index in [0.29, 0.717) is 19.4 Å². The zero-order valence-electron chi connectivity index (χ0n) is 9.25. The van der Waals surface area contributed by atoms with Gasteiger partial charge >= 0.3 is 0 Å². The summed E-state index contributed by atoms with van der Waals surface area (Å²) in [7, 11) is 0. The summed E-state index contributed by atoms with van der Waals surface area (Å²) in [5.74, 6) is -0.376. The second kappa shape index (κ2) is 6.07. The van der Waals surface area contributed by atoms with E-state index in [9.17, 15) is 9.59 Å². The molecule has 3 N–H and O–H groups in total. The Labute approximate surface area is 93.5 Å². The van der Waals surface area contributed by atoms with Crippen LogP contribution in [0.15, 0.2) is 16.9 Å². The van der Waals surface area contributed by atoms with Crippen molar-refractivity contribution >= 4 is 5.91 Å². The minimum Gasteiger partial charge on any atom is -0.396 e. The number of hydrogen-bond acceptors (Lipinski definition) is 3. The number of aromatic nitrogens is 1. The lowest BCUT2D eigenvalue weighted by atomic mass is 10.2. The van der Waals surface area contributed by atoms with Crippen molar-refractivity contribution in [2.45, 2.75) is 19.8 Å². The first-order valence-corrected chi connectivity index (χ1v) is 5.24. The maximum atomic E-state index is 11.5. The van der Waals surface area contributed by atoms with Crippen LogP contribution in [0, 0.1) is 6.92 Å². The van der Waals surface area contributed by atoms with Crippen LogP contribution >= 0.6 is 0 Å². The molecule has 0 saturated heterocycles. The van der Waals surface area contributed by atoms with Gasteiger partial charge in [0.05, 0.1) is 0 Å². The lowest BCUT2D eigenvalue weighted by Gasteiger charge is -2.03. The lowest BCUT2D eigenvalue weighted by molar-refractivity contribution is 0.0950. The predicted octanol–water partition coefficient (Wildman–Crippen LogP) is 0.186. The van der Waals surface area contributed by atoms with Crippen LogP contribution in [-0.2, 0) is 0 Å². The number of aromatic amines is 1. The Morgan fingerprint density at radius 2 is 2.19 bits per heavy atom. The van der Waals surface area contributed by atoms with E-state index in [2.05, 4.69) is 10.3 Å². The summed E-state index contributed by atoms with van der Waals surface area (Å²) in [5, 5.41) is 11.2. The number of H-pyrrole nitrogens is 1. The molecule has 0 aliphatic heterocycles. The number of pyridine rings is 1. The number of hydrogen-bond donors (Lipinski definition) is 3. The van der Waals surface area contributed by atoms with Crippen LogP contribution in [0.5, 0.6) is 0 Å². The Morgan fingerprint density at radius 3 is 2.81 bits per heavy atom. The second-order valence-electron chi connectivity index (χ2n) is 3.57. The molecule has 16 heavy (non-hydrogen) atoms. The van der Waals surface area contributed by atoms with Gasteiger partial charge in [-0.25, -0.2) is 0 Å². The van der Waals surface area contributed by atoms with Crippen LogP contribution in [0.1, 0.15) is 28.9 Å². The highest BCUT2D eigenvalue weighted by Crippen LogP contribution is 1.94. The van der Waals surface area contributed by atoms with Crippen molar-refractivity contribution in [2.24, 2.45) is 0 Å². The molecule has 0 saturated carbocycles. The van der Waals surface area contributed by atoms with E-state index in [4.69, 9.17) is 5.11 Å². The minimum absolute atomic E-state index is 0.112. The number of aliphatic hydroxyl groups is 1. The summed E-state index contributed by atoms with van der Waals surface area (Å²) in [6.07, 6.45) is 1.34. The zero-order valence-corrected chi connectivity index (χ0v) is 9.25. The molecule has 0 spiro atoms. The standard InChI is InChI=1S/C11H16N2O3/c1-8-4-5-9(11(16)13-8)10(15)12-6-2-3-7-14/h4-5,14H,2-3,6-7H2,1H3,(H,12,15)(H,13,16). The Hall–Kier alpha value is -1.62. The van der Waals surface area contributed by atoms with Crippen LogP contribution in [-0.4, -0.2) is 29.1 Å². The number of rotatable bonds is 5. The van der Waals surface area contributed by atoms with Crippen molar-refractivity contribution in [3.63, 3.8) is 0 Å². The van der Waals surface area contributed by atoms with E-state index < -0.39 is 0 Å². The monoisotopic (exact) mass is 224 g/mol. The fraction of sp³-hybridized carbons (Fsp3) is 0.455. The number of nitrogens with one attached hydrogen (secondary N) is 2. The minimum atomic E-state index is -0.376. The van der Waals surface area contributed by atoms with Gasteiger partial charge in [-0.15, -0.1) is 0 Å². The van der Waals surface area contributed by atoms with E-state index in [1.807, 2.05) is 0 Å². The Morgan fingerprint density at radius 1 is 1.44 bits per heavy atom. The summed E-state index contributed by atoms with van der Waals surface area (Å²) in [6, 6.07) is 3.19. The van der Waals surface area contributed by atoms with Gasteiger partial charge in [-0.05, 0) is 31.9 Å². The third kappa shape index (κ3) is 3.51. The largest absolute Gasteiger partial charge is 0.396 e. The highest BCUT2D eigenvalue weighted by molar-refractivity contribution is 5.93. The molecule has 0 bridgehead atoms. The highest BCUT2D eigenvalue weighted by atomic mass is 16.3. The summed E-state index contributed by atoms with van der Waals surface area (Å²) in [4.78, 5) is 25.5. The van der Waals surface area contributed by atoms with Crippen molar-refractivity contribution in [1.82, 2.24) is 10.3 Å². The number of carbonyl (C=O) groups excluding carboxylic acids is 1. The molecule has 0 radical (unpaired) electrons. The van der Waals surface area contributed by atoms with Crippen molar-refractivity contribution in [2.75, 3.05) is 13.2 Å². The summed E-state index contributed by atoms with van der Waals surface area (Å²) < 4.78 is 0. The number of aliphatic hydroxyl groups excluding tert-OH is 1. The molecule has 1 rings (SSSR count). The van der Waals surface area contributed by atoms with Crippen molar-refractivity contribution < 1.29 is 9.90 Å². The third-order valence-electron chi connectivity index (χ3n) is 2.17. The van der Waals surface area contributed by atoms with Gasteiger partial charge in [-0.1, -0.05) is 0 Å². The number of aryl methyl sites for hydroxylation is 1. The second-order valence-corrected chi connectivity index (χ2v) is 3.57. The smallest absolute Gasteiger partial charge is 0.260 e. The molecule has 1 aromatic heterocycles. The third-order valence-corrected chi connectivity index (χ3v) is 2.17. The molecule has 88 valence electrons. The van der Waals surface area contributed by atoms with E-state index in [1.54, 1.807) is 13.0 Å². The molecule has 0 aromatic carbocycles. The van der Waals surface area contributed by atoms with Gasteiger partial charge in [-0.3, -0.25) is 9.59 Å². The van der Waals surface area contributed by atoms with E-state index >= 15 is 0 Å². The summed E-state index contributed by atoms with van der Waals surface area (Å²) in [5.41, 5.74) is 0.469. The highest BCUT2D eigenvalue weighted by Gasteiger charge is 2.08.